The third-order valence-electron chi connectivity index (χ3n) is 6.47. The first-order chi connectivity index (χ1) is 15.7. The summed E-state index contributed by atoms with van der Waals surface area (Å²) in [6, 6.07) is 12.0. The Labute approximate surface area is 199 Å². The van der Waals surface area contributed by atoms with Crippen LogP contribution in [0.15, 0.2) is 47.4 Å². The molecule has 176 valence electrons. The molecule has 1 aliphatic carbocycles. The summed E-state index contributed by atoms with van der Waals surface area (Å²) in [7, 11) is -2.49. The number of amides is 2. The van der Waals surface area contributed by atoms with Crippen molar-refractivity contribution in [2.24, 2.45) is 5.92 Å². The van der Waals surface area contributed by atoms with Gasteiger partial charge in [-0.2, -0.15) is 4.31 Å². The molecule has 9 heteroatoms. The number of likely N-dealkylation sites (N-methyl/N-ethyl adjacent to an activating group) is 1. The second-order valence-electron chi connectivity index (χ2n) is 8.81. The topological polar surface area (TPSA) is 86.8 Å². The van der Waals surface area contributed by atoms with Crippen molar-refractivity contribution in [3.8, 4) is 0 Å². The van der Waals surface area contributed by atoms with E-state index in [0.717, 1.165) is 40.4 Å². The number of hydrogen-bond acceptors (Lipinski definition) is 4. The second kappa shape index (κ2) is 9.44. The van der Waals surface area contributed by atoms with Crippen LogP contribution < -0.4 is 10.2 Å². The van der Waals surface area contributed by atoms with Crippen molar-refractivity contribution in [1.82, 2.24) is 9.62 Å². The van der Waals surface area contributed by atoms with Crippen molar-refractivity contribution in [3.63, 3.8) is 0 Å². The number of anilines is 1. The molecule has 0 aromatic heterocycles. The van der Waals surface area contributed by atoms with Crippen molar-refractivity contribution < 1.29 is 18.0 Å². The minimum Gasteiger partial charge on any atom is -0.351 e. The van der Waals surface area contributed by atoms with E-state index >= 15 is 0 Å². The molecule has 1 N–H and O–H groups in total. The van der Waals surface area contributed by atoms with Crippen LogP contribution in [0.5, 0.6) is 0 Å². The molecule has 1 aliphatic heterocycles. The summed E-state index contributed by atoms with van der Waals surface area (Å²) in [5, 5.41) is 3.25. The Balaban J connectivity index is 1.44. The summed E-state index contributed by atoms with van der Waals surface area (Å²) in [6.45, 7) is 1.89. The second-order valence-corrected chi connectivity index (χ2v) is 11.3. The molecule has 0 bridgehead atoms. The zero-order chi connectivity index (χ0) is 23.8. The molecule has 0 spiro atoms. The highest BCUT2D eigenvalue weighted by atomic mass is 35.5. The molecule has 2 amide bonds. The van der Waals surface area contributed by atoms with E-state index in [0.29, 0.717) is 11.4 Å². The molecule has 2 aromatic rings. The molecule has 4 rings (SSSR count). The summed E-state index contributed by atoms with van der Waals surface area (Å²) in [4.78, 5) is 27.1. The lowest BCUT2D eigenvalue weighted by Crippen LogP contribution is -2.42. The van der Waals surface area contributed by atoms with Crippen LogP contribution in [-0.2, 0) is 32.6 Å². The first kappa shape index (κ1) is 23.7. The fraction of sp³-hybridized carbons (Fsp3) is 0.417. The van der Waals surface area contributed by atoms with E-state index in [1.165, 1.54) is 13.1 Å². The molecule has 7 nitrogen and oxygen atoms in total. The van der Waals surface area contributed by atoms with Crippen molar-refractivity contribution in [2.75, 3.05) is 18.5 Å². The monoisotopic (exact) mass is 489 g/mol. The van der Waals surface area contributed by atoms with Crippen LogP contribution >= 0.6 is 11.6 Å². The highest BCUT2D eigenvalue weighted by Gasteiger charge is 2.37. The van der Waals surface area contributed by atoms with Crippen LogP contribution in [0.4, 0.5) is 5.69 Å². The lowest BCUT2D eigenvalue weighted by molar-refractivity contribution is -0.125. The Morgan fingerprint density at radius 1 is 1.18 bits per heavy atom. The van der Waals surface area contributed by atoms with Crippen molar-refractivity contribution in [3.05, 3.63) is 58.6 Å². The number of hydrogen-bond donors (Lipinski definition) is 1. The molecule has 1 fully saturated rings. The minimum atomic E-state index is -3.87. The zero-order valence-electron chi connectivity index (χ0n) is 18.8. The van der Waals surface area contributed by atoms with E-state index in [2.05, 4.69) is 5.32 Å². The molecule has 2 aliphatic rings. The van der Waals surface area contributed by atoms with E-state index < -0.39 is 15.9 Å². The number of rotatable bonds is 7. The van der Waals surface area contributed by atoms with Gasteiger partial charge in [-0.15, -0.1) is 0 Å². The first-order valence-electron chi connectivity index (χ1n) is 11.1. The van der Waals surface area contributed by atoms with E-state index in [1.807, 2.05) is 17.9 Å². The predicted octanol–water partition coefficient (Wildman–Crippen LogP) is 3.35. The van der Waals surface area contributed by atoms with Crippen LogP contribution in [0, 0.1) is 5.92 Å². The summed E-state index contributed by atoms with van der Waals surface area (Å²) < 4.78 is 27.2. The maximum absolute atomic E-state index is 13.1. The molecule has 1 saturated carbocycles. The predicted molar refractivity (Wildman–Crippen MR) is 128 cm³/mol. The third kappa shape index (κ3) is 4.78. The lowest BCUT2D eigenvalue weighted by atomic mass is 9.84. The Bertz CT molecular complexity index is 1180. The smallest absolute Gasteiger partial charge is 0.243 e. The standard InChI is InChI=1S/C24H28ClN3O4S/c1-16-12-19-13-20(10-11-22(19)28(16)24(30)17-7-5-8-17)33(31,32)27(2)15-23(29)26-14-18-6-3-4-9-21(18)25/h3-4,6,9-11,13,16-17H,5,7-8,12,14-15H2,1-2H3,(H,26,29)/t16-/m1/s1. The van der Waals surface area contributed by atoms with Crippen LogP contribution in [0.25, 0.3) is 0 Å². The van der Waals surface area contributed by atoms with Gasteiger partial charge in [-0.25, -0.2) is 8.42 Å². The number of nitrogens with one attached hydrogen (secondary N) is 1. The van der Waals surface area contributed by atoms with Gasteiger partial charge in [-0.3, -0.25) is 9.59 Å². The molecule has 0 radical (unpaired) electrons. The largest absolute Gasteiger partial charge is 0.351 e. The lowest BCUT2D eigenvalue weighted by Gasteiger charge is -2.32. The Kier molecular flexibility index (Phi) is 6.79. The van der Waals surface area contributed by atoms with E-state index in [1.54, 1.807) is 30.3 Å². The van der Waals surface area contributed by atoms with E-state index in [4.69, 9.17) is 11.6 Å². The molecule has 1 atom stereocenters. The molecular formula is C24H28ClN3O4S. The fourth-order valence-corrected chi connectivity index (χ4v) is 5.70. The number of carbonyl (C=O) groups excluding carboxylic acids is 2. The number of sulfonamides is 1. The third-order valence-corrected chi connectivity index (χ3v) is 8.63. The molecule has 2 aromatic carbocycles. The maximum Gasteiger partial charge on any atom is 0.243 e. The van der Waals surface area contributed by atoms with Gasteiger partial charge < -0.3 is 10.2 Å². The van der Waals surface area contributed by atoms with Gasteiger partial charge >= 0.3 is 0 Å². The summed E-state index contributed by atoms with van der Waals surface area (Å²) in [6.07, 6.45) is 3.54. The molecule has 0 saturated heterocycles. The highest BCUT2D eigenvalue weighted by Crippen LogP contribution is 2.38. The van der Waals surface area contributed by atoms with Crippen LogP contribution in [0.3, 0.4) is 0 Å². The van der Waals surface area contributed by atoms with Gasteiger partial charge in [0.15, 0.2) is 0 Å². The summed E-state index contributed by atoms with van der Waals surface area (Å²) in [5.41, 5.74) is 2.39. The number of fused-ring (bicyclic) bond motifs is 1. The van der Waals surface area contributed by atoms with Crippen molar-refractivity contribution in [1.29, 1.82) is 0 Å². The number of carbonyl (C=O) groups is 2. The van der Waals surface area contributed by atoms with E-state index in [9.17, 15) is 18.0 Å². The van der Waals surface area contributed by atoms with Gasteiger partial charge in [-0.05, 0) is 61.6 Å². The van der Waals surface area contributed by atoms with E-state index in [-0.39, 0.29) is 35.9 Å². The van der Waals surface area contributed by atoms with Gasteiger partial charge in [0.05, 0.1) is 11.4 Å². The quantitative estimate of drug-likeness (QED) is 0.646. The fourth-order valence-electron chi connectivity index (χ4n) is 4.31. The van der Waals surface area contributed by atoms with Crippen LogP contribution in [0.2, 0.25) is 5.02 Å². The van der Waals surface area contributed by atoms with Crippen LogP contribution in [0.1, 0.15) is 37.3 Å². The minimum absolute atomic E-state index is 0.000581. The van der Waals surface area contributed by atoms with Gasteiger partial charge in [0.25, 0.3) is 0 Å². The molecule has 33 heavy (non-hydrogen) atoms. The van der Waals surface area contributed by atoms with Gasteiger partial charge in [-0.1, -0.05) is 36.2 Å². The number of benzene rings is 2. The molecule has 0 unspecified atom stereocenters. The van der Waals surface area contributed by atoms with Crippen molar-refractivity contribution in [2.45, 2.75) is 50.1 Å². The zero-order valence-corrected chi connectivity index (χ0v) is 20.3. The van der Waals surface area contributed by atoms with Gasteiger partial charge in [0, 0.05) is 36.3 Å². The average molecular weight is 490 g/mol. The Hall–Kier alpha value is -2.42. The normalized spacial score (nSPS) is 18.2. The van der Waals surface area contributed by atoms with Gasteiger partial charge in [0.1, 0.15) is 0 Å². The average Bonchev–Trinajstić information content (AvgIpc) is 3.06. The Morgan fingerprint density at radius 3 is 2.58 bits per heavy atom. The summed E-state index contributed by atoms with van der Waals surface area (Å²) in [5.74, 6) is -0.208. The SMILES string of the molecule is C[C@@H]1Cc2cc(S(=O)(=O)N(C)CC(=O)NCc3ccccc3Cl)ccc2N1C(=O)C1CCC1. The Morgan fingerprint density at radius 2 is 1.91 bits per heavy atom. The number of nitrogens with zero attached hydrogens (tertiary/aromatic N) is 2. The maximum atomic E-state index is 13.1. The molecule has 1 heterocycles. The summed E-state index contributed by atoms with van der Waals surface area (Å²) >= 11 is 6.10. The van der Waals surface area contributed by atoms with Gasteiger partial charge in [0.2, 0.25) is 21.8 Å². The van der Waals surface area contributed by atoms with Crippen molar-refractivity contribution >= 4 is 39.1 Å². The highest BCUT2D eigenvalue weighted by molar-refractivity contribution is 7.89. The first-order valence-corrected chi connectivity index (χ1v) is 12.9. The van der Waals surface area contributed by atoms with Crippen LogP contribution in [-0.4, -0.2) is 44.2 Å². The number of halogens is 1. The molecular weight excluding hydrogens is 462 g/mol.